The zero-order valence-corrected chi connectivity index (χ0v) is 11.3. The number of hydrogen-bond acceptors (Lipinski definition) is 4. The molecule has 1 heterocycles. The minimum Gasteiger partial charge on any atom is -0.497 e. The van der Waals surface area contributed by atoms with E-state index in [1.54, 1.807) is 38.3 Å². The van der Waals surface area contributed by atoms with E-state index < -0.39 is 0 Å². The molecule has 1 N–H and O–H groups in total. The second-order valence-corrected chi connectivity index (χ2v) is 4.06. The van der Waals surface area contributed by atoms with E-state index in [-0.39, 0.29) is 17.2 Å². The van der Waals surface area contributed by atoms with Gasteiger partial charge in [-0.2, -0.15) is 5.10 Å². The third kappa shape index (κ3) is 3.03. The number of aromatic nitrogens is 2. The molecule has 0 radical (unpaired) electrons. The number of hydrogen-bond donors (Lipinski definition) is 1. The van der Waals surface area contributed by atoms with Crippen molar-refractivity contribution in [3.05, 3.63) is 52.4 Å². The molecule has 6 heteroatoms. The summed E-state index contributed by atoms with van der Waals surface area (Å²) in [5.41, 5.74) is 0.600. The van der Waals surface area contributed by atoms with Gasteiger partial charge in [0.2, 0.25) is 0 Å². The maximum atomic E-state index is 12.0. The maximum absolute atomic E-state index is 12.0. The van der Waals surface area contributed by atoms with Crippen LogP contribution in [0, 0.1) is 0 Å². The Hall–Kier alpha value is -2.63. The third-order valence-electron chi connectivity index (χ3n) is 2.75. The number of nitrogens with zero attached hydrogens (tertiary/aromatic N) is 2. The van der Waals surface area contributed by atoms with Gasteiger partial charge < -0.3 is 10.1 Å². The lowest BCUT2D eigenvalue weighted by Gasteiger charge is -2.07. The summed E-state index contributed by atoms with van der Waals surface area (Å²) in [6.45, 7) is 2.21. The Labute approximate surface area is 116 Å². The van der Waals surface area contributed by atoms with Crippen LogP contribution in [0.15, 0.2) is 41.2 Å². The van der Waals surface area contributed by atoms with Crippen LogP contribution in [0.1, 0.15) is 17.4 Å². The number of nitrogens with one attached hydrogen (secondary N) is 1. The molecule has 0 spiro atoms. The van der Waals surface area contributed by atoms with E-state index >= 15 is 0 Å². The number of carbonyl (C=O) groups excluding carboxylic acids is 1. The normalized spacial score (nSPS) is 10.1. The number of rotatable bonds is 4. The van der Waals surface area contributed by atoms with Crippen LogP contribution < -0.4 is 15.6 Å². The first-order valence-electron chi connectivity index (χ1n) is 6.17. The van der Waals surface area contributed by atoms with Gasteiger partial charge >= 0.3 is 0 Å². The Bertz CT molecular complexity index is 662. The summed E-state index contributed by atoms with van der Waals surface area (Å²) >= 11 is 0. The number of carbonyl (C=O) groups is 1. The highest BCUT2D eigenvalue weighted by Crippen LogP contribution is 2.15. The first-order valence-corrected chi connectivity index (χ1v) is 6.17. The van der Waals surface area contributed by atoms with Gasteiger partial charge in [0.05, 0.1) is 7.11 Å². The fourth-order valence-electron chi connectivity index (χ4n) is 1.67. The minimum atomic E-state index is -0.364. The van der Waals surface area contributed by atoms with Crippen molar-refractivity contribution in [2.75, 3.05) is 12.4 Å². The SMILES string of the molecule is CCn1nc(C(=O)Nc2ccc(OC)cc2)ccc1=O. The lowest BCUT2D eigenvalue weighted by molar-refractivity contribution is 0.102. The monoisotopic (exact) mass is 273 g/mol. The summed E-state index contributed by atoms with van der Waals surface area (Å²) in [6.07, 6.45) is 0. The zero-order valence-electron chi connectivity index (χ0n) is 11.3. The van der Waals surface area contributed by atoms with E-state index in [0.717, 1.165) is 0 Å². The molecule has 2 rings (SSSR count). The Morgan fingerprint density at radius 3 is 2.55 bits per heavy atom. The highest BCUT2D eigenvalue weighted by atomic mass is 16.5. The van der Waals surface area contributed by atoms with Crippen LogP contribution in [0.2, 0.25) is 0 Å². The van der Waals surface area contributed by atoms with Crippen molar-refractivity contribution in [2.45, 2.75) is 13.5 Å². The first-order chi connectivity index (χ1) is 9.63. The summed E-state index contributed by atoms with van der Waals surface area (Å²) in [6, 6.07) is 9.69. The van der Waals surface area contributed by atoms with E-state index in [0.29, 0.717) is 18.0 Å². The Kier molecular flexibility index (Phi) is 4.14. The molecular formula is C14H15N3O3. The van der Waals surface area contributed by atoms with Gasteiger partial charge in [-0.15, -0.1) is 0 Å². The fourth-order valence-corrected chi connectivity index (χ4v) is 1.67. The molecule has 1 amide bonds. The second kappa shape index (κ2) is 6.01. The minimum absolute atomic E-state index is 0.197. The first kappa shape index (κ1) is 13.8. The molecule has 0 saturated heterocycles. The third-order valence-corrected chi connectivity index (χ3v) is 2.75. The van der Waals surface area contributed by atoms with Crippen molar-refractivity contribution < 1.29 is 9.53 Å². The number of methoxy groups -OCH3 is 1. The van der Waals surface area contributed by atoms with Gasteiger partial charge in [0.15, 0.2) is 0 Å². The van der Waals surface area contributed by atoms with Crippen molar-refractivity contribution >= 4 is 11.6 Å². The van der Waals surface area contributed by atoms with Crippen LogP contribution in [-0.4, -0.2) is 22.8 Å². The average Bonchev–Trinajstić information content (AvgIpc) is 2.48. The predicted molar refractivity (Wildman–Crippen MR) is 75.1 cm³/mol. The summed E-state index contributed by atoms with van der Waals surface area (Å²) in [5, 5.41) is 6.70. The highest BCUT2D eigenvalue weighted by Gasteiger charge is 2.09. The number of benzene rings is 1. The molecule has 0 bridgehead atoms. The molecular weight excluding hydrogens is 258 g/mol. The van der Waals surface area contributed by atoms with Crippen LogP contribution in [0.4, 0.5) is 5.69 Å². The number of ether oxygens (including phenoxy) is 1. The Morgan fingerprint density at radius 1 is 1.25 bits per heavy atom. The summed E-state index contributed by atoms with van der Waals surface area (Å²) in [4.78, 5) is 23.4. The van der Waals surface area contributed by atoms with Crippen LogP contribution in [0.5, 0.6) is 5.75 Å². The highest BCUT2D eigenvalue weighted by molar-refractivity contribution is 6.02. The molecule has 104 valence electrons. The molecule has 1 aromatic heterocycles. The molecule has 0 saturated carbocycles. The summed E-state index contributed by atoms with van der Waals surface area (Å²) < 4.78 is 6.28. The lowest BCUT2D eigenvalue weighted by Crippen LogP contribution is -2.25. The molecule has 2 aromatic rings. The van der Waals surface area contributed by atoms with E-state index in [1.165, 1.54) is 16.8 Å². The summed E-state index contributed by atoms with van der Waals surface area (Å²) in [5.74, 6) is 0.345. The number of amides is 1. The van der Waals surface area contributed by atoms with Crippen molar-refractivity contribution in [1.29, 1.82) is 0 Å². The molecule has 0 atom stereocenters. The maximum Gasteiger partial charge on any atom is 0.276 e. The molecule has 0 aliphatic carbocycles. The standard InChI is InChI=1S/C14H15N3O3/c1-3-17-13(18)9-8-12(16-17)14(19)15-10-4-6-11(20-2)7-5-10/h4-9H,3H2,1-2H3,(H,15,19). The topological polar surface area (TPSA) is 73.2 Å². The van der Waals surface area contributed by atoms with Gasteiger partial charge in [-0.3, -0.25) is 9.59 Å². The van der Waals surface area contributed by atoms with Crippen LogP contribution in [-0.2, 0) is 6.54 Å². The van der Waals surface area contributed by atoms with Gasteiger partial charge in [-0.1, -0.05) is 0 Å². The molecule has 1 aromatic carbocycles. The van der Waals surface area contributed by atoms with E-state index in [9.17, 15) is 9.59 Å². The number of anilines is 1. The van der Waals surface area contributed by atoms with Crippen molar-refractivity contribution in [3.8, 4) is 5.75 Å². The van der Waals surface area contributed by atoms with Gasteiger partial charge in [0, 0.05) is 18.3 Å². The molecule has 20 heavy (non-hydrogen) atoms. The van der Waals surface area contributed by atoms with E-state index in [1.807, 2.05) is 0 Å². The number of aryl methyl sites for hydroxylation is 1. The van der Waals surface area contributed by atoms with Crippen LogP contribution in [0.25, 0.3) is 0 Å². The Balaban J connectivity index is 2.16. The van der Waals surface area contributed by atoms with Crippen molar-refractivity contribution in [3.63, 3.8) is 0 Å². The van der Waals surface area contributed by atoms with Gasteiger partial charge in [-0.05, 0) is 37.3 Å². The van der Waals surface area contributed by atoms with Gasteiger partial charge in [0.1, 0.15) is 11.4 Å². The quantitative estimate of drug-likeness (QED) is 0.916. The summed E-state index contributed by atoms with van der Waals surface area (Å²) in [7, 11) is 1.57. The fraction of sp³-hybridized carbons (Fsp3) is 0.214. The molecule has 6 nitrogen and oxygen atoms in total. The average molecular weight is 273 g/mol. The van der Waals surface area contributed by atoms with Crippen LogP contribution in [0.3, 0.4) is 0 Å². The van der Waals surface area contributed by atoms with Gasteiger partial charge in [0.25, 0.3) is 11.5 Å². The zero-order chi connectivity index (χ0) is 14.5. The Morgan fingerprint density at radius 2 is 1.95 bits per heavy atom. The van der Waals surface area contributed by atoms with Crippen molar-refractivity contribution in [2.24, 2.45) is 0 Å². The van der Waals surface area contributed by atoms with E-state index in [2.05, 4.69) is 10.4 Å². The smallest absolute Gasteiger partial charge is 0.276 e. The van der Waals surface area contributed by atoms with Gasteiger partial charge in [-0.25, -0.2) is 4.68 Å². The molecule has 0 unspecified atom stereocenters. The van der Waals surface area contributed by atoms with Crippen LogP contribution >= 0.6 is 0 Å². The predicted octanol–water partition coefficient (Wildman–Crippen LogP) is 1.52. The lowest BCUT2D eigenvalue weighted by atomic mass is 10.3. The van der Waals surface area contributed by atoms with E-state index in [4.69, 9.17) is 4.74 Å². The molecule has 0 aliphatic rings. The van der Waals surface area contributed by atoms with Crippen molar-refractivity contribution in [1.82, 2.24) is 9.78 Å². The molecule has 0 fully saturated rings. The largest absolute Gasteiger partial charge is 0.497 e. The molecule has 0 aliphatic heterocycles. The second-order valence-electron chi connectivity index (χ2n) is 4.06.